The maximum Gasteiger partial charge on any atom is 0.254 e. The number of nitrogens with zero attached hydrogens (tertiary/aromatic N) is 1. The van der Waals surface area contributed by atoms with Gasteiger partial charge in [-0.3, -0.25) is 4.79 Å². The van der Waals surface area contributed by atoms with Gasteiger partial charge in [0.15, 0.2) is 19.7 Å². The molecule has 1 aliphatic rings. The van der Waals surface area contributed by atoms with Crippen LogP contribution in [0.4, 0.5) is 0 Å². The van der Waals surface area contributed by atoms with Crippen LogP contribution in [0.15, 0.2) is 23.1 Å². The molecule has 1 amide bonds. The van der Waals surface area contributed by atoms with Crippen molar-refractivity contribution in [3.05, 3.63) is 29.3 Å². The molecule has 0 spiro atoms. The summed E-state index contributed by atoms with van der Waals surface area (Å²) in [5, 5.41) is 0. The molecule has 1 aromatic carbocycles. The summed E-state index contributed by atoms with van der Waals surface area (Å²) in [4.78, 5) is 14.6. The molecule has 1 atom stereocenters. The van der Waals surface area contributed by atoms with E-state index in [0.29, 0.717) is 30.5 Å². The van der Waals surface area contributed by atoms with Gasteiger partial charge in [-0.05, 0) is 37.5 Å². The zero-order valence-corrected chi connectivity index (χ0v) is 15.8. The average Bonchev–Trinajstić information content (AvgIpc) is 2.83. The molecule has 1 heterocycles. The predicted octanol–water partition coefficient (Wildman–Crippen LogP) is 1.44. The van der Waals surface area contributed by atoms with Crippen molar-refractivity contribution < 1.29 is 21.6 Å². The topological polar surface area (TPSA) is 88.6 Å². The quantitative estimate of drug-likeness (QED) is 0.779. The van der Waals surface area contributed by atoms with Crippen molar-refractivity contribution in [2.75, 3.05) is 24.3 Å². The number of carbonyl (C=O) groups is 1. The van der Waals surface area contributed by atoms with Crippen LogP contribution in [0.5, 0.6) is 0 Å². The van der Waals surface area contributed by atoms with E-state index in [1.807, 2.05) is 6.92 Å². The summed E-state index contributed by atoms with van der Waals surface area (Å²) >= 11 is 0. The Morgan fingerprint density at radius 2 is 2.00 bits per heavy atom. The average molecular weight is 373 g/mol. The Morgan fingerprint density at radius 3 is 2.50 bits per heavy atom. The molecule has 1 unspecified atom stereocenters. The van der Waals surface area contributed by atoms with Crippen LogP contribution >= 0.6 is 0 Å². The zero-order valence-electron chi connectivity index (χ0n) is 14.1. The highest BCUT2D eigenvalue weighted by Crippen LogP contribution is 2.23. The van der Waals surface area contributed by atoms with Gasteiger partial charge in [-0.25, -0.2) is 16.8 Å². The number of benzene rings is 1. The Morgan fingerprint density at radius 1 is 1.33 bits per heavy atom. The van der Waals surface area contributed by atoms with Gasteiger partial charge in [0.05, 0.1) is 16.4 Å². The highest BCUT2D eigenvalue weighted by molar-refractivity contribution is 7.91. The van der Waals surface area contributed by atoms with Crippen LogP contribution in [0, 0.1) is 6.92 Å². The molecule has 0 bridgehead atoms. The van der Waals surface area contributed by atoms with Crippen LogP contribution in [0.25, 0.3) is 0 Å². The number of hydrogen-bond donors (Lipinski definition) is 0. The van der Waals surface area contributed by atoms with Gasteiger partial charge in [0.25, 0.3) is 5.91 Å². The van der Waals surface area contributed by atoms with E-state index in [4.69, 9.17) is 0 Å². The number of amides is 1. The van der Waals surface area contributed by atoms with E-state index in [2.05, 4.69) is 0 Å². The van der Waals surface area contributed by atoms with Crippen LogP contribution in [-0.2, 0) is 19.7 Å². The normalized spacial score (nSPS) is 20.0. The van der Waals surface area contributed by atoms with Crippen LogP contribution < -0.4 is 0 Å². The third-order valence-electron chi connectivity index (χ3n) is 4.24. The van der Waals surface area contributed by atoms with Crippen molar-refractivity contribution in [2.45, 2.75) is 37.6 Å². The van der Waals surface area contributed by atoms with Gasteiger partial charge in [0, 0.05) is 24.4 Å². The molecule has 2 rings (SSSR count). The maximum atomic E-state index is 13.0. The van der Waals surface area contributed by atoms with E-state index < -0.39 is 19.7 Å². The summed E-state index contributed by atoms with van der Waals surface area (Å²) in [5.74, 6) is -0.237. The number of rotatable bonds is 5. The van der Waals surface area contributed by atoms with Gasteiger partial charge in [-0.1, -0.05) is 13.0 Å². The molecule has 6 nitrogen and oxygen atoms in total. The van der Waals surface area contributed by atoms with Crippen LogP contribution in [-0.4, -0.2) is 58.0 Å². The van der Waals surface area contributed by atoms with Gasteiger partial charge in [0.2, 0.25) is 0 Å². The summed E-state index contributed by atoms with van der Waals surface area (Å²) < 4.78 is 47.0. The van der Waals surface area contributed by atoms with E-state index >= 15 is 0 Å². The first-order chi connectivity index (χ1) is 11.0. The summed E-state index contributed by atoms with van der Waals surface area (Å²) in [6.45, 7) is 4.11. The van der Waals surface area contributed by atoms with Crippen molar-refractivity contribution in [2.24, 2.45) is 0 Å². The lowest BCUT2D eigenvalue weighted by Crippen LogP contribution is -2.42. The van der Waals surface area contributed by atoms with Gasteiger partial charge in [0.1, 0.15) is 0 Å². The largest absolute Gasteiger partial charge is 0.335 e. The lowest BCUT2D eigenvalue weighted by Gasteiger charge is -2.28. The Hall–Kier alpha value is -1.41. The van der Waals surface area contributed by atoms with Gasteiger partial charge in [-0.2, -0.15) is 0 Å². The van der Waals surface area contributed by atoms with E-state index in [-0.39, 0.29) is 28.4 Å². The minimum Gasteiger partial charge on any atom is -0.335 e. The van der Waals surface area contributed by atoms with Crippen LogP contribution in [0.2, 0.25) is 0 Å². The maximum absolute atomic E-state index is 13.0. The zero-order chi connectivity index (χ0) is 18.1. The molecule has 0 saturated carbocycles. The second-order valence-corrected chi connectivity index (χ2v) is 10.5. The molecular weight excluding hydrogens is 350 g/mol. The molecule has 1 fully saturated rings. The molecule has 0 radical (unpaired) electrons. The molecule has 1 saturated heterocycles. The summed E-state index contributed by atoms with van der Waals surface area (Å²) in [6, 6.07) is 4.13. The SMILES string of the molecule is CCCN(C(=O)c1cc(S(C)(=O)=O)ccc1C)C1CCS(=O)(=O)C1. The van der Waals surface area contributed by atoms with Crippen molar-refractivity contribution in [1.29, 1.82) is 0 Å². The molecule has 134 valence electrons. The number of hydrogen-bond acceptors (Lipinski definition) is 5. The Balaban J connectivity index is 2.40. The summed E-state index contributed by atoms with van der Waals surface area (Å²) in [5.41, 5.74) is 0.991. The highest BCUT2D eigenvalue weighted by Gasteiger charge is 2.35. The lowest BCUT2D eigenvalue weighted by molar-refractivity contribution is 0.0696. The lowest BCUT2D eigenvalue weighted by atomic mass is 10.1. The van der Waals surface area contributed by atoms with Gasteiger partial charge in [-0.15, -0.1) is 0 Å². The van der Waals surface area contributed by atoms with Gasteiger partial charge >= 0.3 is 0 Å². The minimum absolute atomic E-state index is 0.0243. The third kappa shape index (κ3) is 4.16. The smallest absolute Gasteiger partial charge is 0.254 e. The first-order valence-electron chi connectivity index (χ1n) is 7.87. The predicted molar refractivity (Wildman–Crippen MR) is 92.7 cm³/mol. The molecule has 1 aliphatic heterocycles. The van der Waals surface area contributed by atoms with Crippen molar-refractivity contribution >= 4 is 25.6 Å². The molecule has 8 heteroatoms. The molecule has 0 aromatic heterocycles. The van der Waals surface area contributed by atoms with Crippen LogP contribution in [0.3, 0.4) is 0 Å². The molecule has 0 N–H and O–H groups in total. The summed E-state index contributed by atoms with van der Waals surface area (Å²) in [6.07, 6.45) is 2.23. The van der Waals surface area contributed by atoms with Gasteiger partial charge < -0.3 is 4.90 Å². The van der Waals surface area contributed by atoms with E-state index in [1.54, 1.807) is 17.9 Å². The third-order valence-corrected chi connectivity index (χ3v) is 7.10. The fourth-order valence-electron chi connectivity index (χ4n) is 2.93. The monoisotopic (exact) mass is 373 g/mol. The number of aryl methyl sites for hydroxylation is 1. The van der Waals surface area contributed by atoms with E-state index in [0.717, 1.165) is 6.26 Å². The van der Waals surface area contributed by atoms with E-state index in [1.165, 1.54) is 12.1 Å². The Kier molecular flexibility index (Phi) is 5.39. The fourth-order valence-corrected chi connectivity index (χ4v) is 5.31. The minimum atomic E-state index is -3.42. The van der Waals surface area contributed by atoms with E-state index in [9.17, 15) is 21.6 Å². The van der Waals surface area contributed by atoms with Crippen molar-refractivity contribution in [1.82, 2.24) is 4.90 Å². The molecule has 0 aliphatic carbocycles. The Labute approximate surface area is 143 Å². The Bertz CT molecular complexity index is 843. The molecular formula is C16H23NO5S2. The van der Waals surface area contributed by atoms with Crippen molar-refractivity contribution in [3.8, 4) is 0 Å². The number of carbonyl (C=O) groups excluding carboxylic acids is 1. The molecule has 24 heavy (non-hydrogen) atoms. The standard InChI is InChI=1S/C16H23NO5S2/c1-4-8-17(13-7-9-24(21,22)11-13)16(18)15-10-14(23(3,19)20)6-5-12(15)2/h5-6,10,13H,4,7-9,11H2,1-3H3. The summed E-state index contributed by atoms with van der Waals surface area (Å²) in [7, 11) is -6.52. The first-order valence-corrected chi connectivity index (χ1v) is 11.6. The first kappa shape index (κ1) is 18.9. The second kappa shape index (κ2) is 6.84. The van der Waals surface area contributed by atoms with Crippen LogP contribution in [0.1, 0.15) is 35.7 Å². The highest BCUT2D eigenvalue weighted by atomic mass is 32.2. The number of sulfone groups is 2. The fraction of sp³-hybridized carbons (Fsp3) is 0.562. The van der Waals surface area contributed by atoms with Crippen molar-refractivity contribution in [3.63, 3.8) is 0 Å². The second-order valence-electron chi connectivity index (χ2n) is 6.30. The molecule has 1 aromatic rings.